The van der Waals surface area contributed by atoms with E-state index in [1.807, 2.05) is 30.3 Å². The smallest absolute Gasteiger partial charge is 0.407 e. The van der Waals surface area contributed by atoms with Gasteiger partial charge >= 0.3 is 6.09 Å². The third kappa shape index (κ3) is 4.59. The molecule has 0 radical (unpaired) electrons. The van der Waals surface area contributed by atoms with Crippen LogP contribution in [0.25, 0.3) is 0 Å². The number of carboxylic acid groups (broad SMARTS) is 1. The van der Waals surface area contributed by atoms with Crippen LogP contribution in [0.4, 0.5) is 4.79 Å². The number of aliphatic hydroxyl groups excluding tert-OH is 1. The number of halogens is 1. The number of hydrogen-bond donors (Lipinski definition) is 2. The number of rotatable bonds is 5. The van der Waals surface area contributed by atoms with Gasteiger partial charge in [-0.15, -0.1) is 11.6 Å². The largest absolute Gasteiger partial charge is 0.465 e. The molecule has 0 spiro atoms. The van der Waals surface area contributed by atoms with Gasteiger partial charge in [-0.2, -0.15) is 0 Å². The van der Waals surface area contributed by atoms with E-state index in [-0.39, 0.29) is 11.9 Å². The van der Waals surface area contributed by atoms with Crippen molar-refractivity contribution in [1.82, 2.24) is 9.80 Å². The summed E-state index contributed by atoms with van der Waals surface area (Å²) < 4.78 is 0. The Balaban J connectivity index is 2.03. The fourth-order valence-corrected chi connectivity index (χ4v) is 2.84. The molecule has 0 saturated carbocycles. The maximum absolute atomic E-state index is 11.4. The fourth-order valence-electron chi connectivity index (χ4n) is 2.75. The number of β-amino-alcohol motifs (C(OH)–C–C–N with tert-alkyl or cyclic N) is 1. The predicted molar refractivity (Wildman–Crippen MR) is 81.8 cm³/mol. The molecule has 2 rings (SSSR count). The average molecular weight is 313 g/mol. The van der Waals surface area contributed by atoms with Gasteiger partial charge in [-0.25, -0.2) is 4.79 Å². The maximum Gasteiger partial charge on any atom is 0.407 e. The lowest BCUT2D eigenvalue weighted by Crippen LogP contribution is -2.56. The summed E-state index contributed by atoms with van der Waals surface area (Å²) in [5.41, 5.74) is 1.12. The Morgan fingerprint density at radius 3 is 2.67 bits per heavy atom. The quantitative estimate of drug-likeness (QED) is 0.809. The summed E-state index contributed by atoms with van der Waals surface area (Å²) in [6.07, 6.45) is -0.769. The summed E-state index contributed by atoms with van der Waals surface area (Å²) in [4.78, 5) is 15.0. The highest BCUT2D eigenvalue weighted by molar-refractivity contribution is 6.18. The lowest BCUT2D eigenvalue weighted by molar-refractivity contribution is 0.0463. The second-order valence-electron chi connectivity index (χ2n) is 5.39. The summed E-state index contributed by atoms with van der Waals surface area (Å²) in [7, 11) is 0. The van der Waals surface area contributed by atoms with Crippen molar-refractivity contribution in [1.29, 1.82) is 0 Å². The summed E-state index contributed by atoms with van der Waals surface area (Å²) in [5.74, 6) is 0.197. The summed E-state index contributed by atoms with van der Waals surface area (Å²) in [5, 5.41) is 19.0. The van der Waals surface area contributed by atoms with Gasteiger partial charge in [0, 0.05) is 32.1 Å². The van der Waals surface area contributed by atoms with E-state index in [9.17, 15) is 15.0 Å². The van der Waals surface area contributed by atoms with Crippen LogP contribution in [0.1, 0.15) is 5.56 Å². The standard InChI is InChI=1S/C15H21ClN2O3/c16-9-14(19)11-17-6-7-18(15(20)21)13(10-17)8-12-4-2-1-3-5-12/h1-5,13-14,19H,6-11H2,(H,20,21). The lowest BCUT2D eigenvalue weighted by atomic mass is 10.0. The van der Waals surface area contributed by atoms with Gasteiger partial charge in [0.2, 0.25) is 0 Å². The van der Waals surface area contributed by atoms with Gasteiger partial charge in [0.05, 0.1) is 12.1 Å². The van der Waals surface area contributed by atoms with Crippen LogP contribution in [-0.2, 0) is 6.42 Å². The number of alkyl halides is 1. The third-order valence-electron chi connectivity index (χ3n) is 3.77. The van der Waals surface area contributed by atoms with Crippen LogP contribution in [0.2, 0.25) is 0 Å². The van der Waals surface area contributed by atoms with Gasteiger partial charge in [-0.1, -0.05) is 30.3 Å². The molecule has 0 aliphatic carbocycles. The van der Waals surface area contributed by atoms with Crippen molar-refractivity contribution >= 4 is 17.7 Å². The molecule has 116 valence electrons. The zero-order chi connectivity index (χ0) is 15.2. The van der Waals surface area contributed by atoms with Gasteiger partial charge < -0.3 is 15.1 Å². The highest BCUT2D eigenvalue weighted by Crippen LogP contribution is 2.16. The zero-order valence-electron chi connectivity index (χ0n) is 11.9. The Morgan fingerprint density at radius 2 is 2.05 bits per heavy atom. The summed E-state index contributed by atoms with van der Waals surface area (Å²) in [6, 6.07) is 9.78. The van der Waals surface area contributed by atoms with Gasteiger partial charge in [-0.05, 0) is 12.0 Å². The summed E-state index contributed by atoms with van der Waals surface area (Å²) >= 11 is 5.64. The molecule has 1 saturated heterocycles. The van der Waals surface area contributed by atoms with Crippen molar-refractivity contribution in [3.63, 3.8) is 0 Å². The molecule has 1 fully saturated rings. The van der Waals surface area contributed by atoms with Crippen molar-refractivity contribution < 1.29 is 15.0 Å². The first-order valence-corrected chi connectivity index (χ1v) is 7.63. The summed E-state index contributed by atoms with van der Waals surface area (Å²) in [6.45, 7) is 2.20. The van der Waals surface area contributed by atoms with E-state index in [1.54, 1.807) is 0 Å². The molecule has 1 aliphatic heterocycles. The van der Waals surface area contributed by atoms with Crippen LogP contribution in [0, 0.1) is 0 Å². The van der Waals surface area contributed by atoms with E-state index in [0.29, 0.717) is 32.6 Å². The second-order valence-corrected chi connectivity index (χ2v) is 5.70. The normalized spacial score (nSPS) is 21.2. The monoisotopic (exact) mass is 312 g/mol. The lowest BCUT2D eigenvalue weighted by Gasteiger charge is -2.40. The van der Waals surface area contributed by atoms with Crippen LogP contribution >= 0.6 is 11.6 Å². The molecule has 0 aromatic heterocycles. The molecule has 6 heteroatoms. The second kappa shape index (κ2) is 7.64. The zero-order valence-corrected chi connectivity index (χ0v) is 12.6. The Hall–Kier alpha value is -1.30. The number of carbonyl (C=O) groups is 1. The maximum atomic E-state index is 11.4. The molecule has 1 aromatic carbocycles. The Morgan fingerprint density at radius 1 is 1.33 bits per heavy atom. The number of nitrogens with zero attached hydrogens (tertiary/aromatic N) is 2. The minimum atomic E-state index is -0.881. The Labute approximate surface area is 129 Å². The molecule has 1 aromatic rings. The van der Waals surface area contributed by atoms with Crippen LogP contribution < -0.4 is 0 Å². The Bertz CT molecular complexity index is 457. The number of aliphatic hydroxyl groups is 1. The van der Waals surface area contributed by atoms with E-state index in [1.165, 1.54) is 4.90 Å². The molecule has 5 nitrogen and oxygen atoms in total. The highest BCUT2D eigenvalue weighted by atomic mass is 35.5. The first-order valence-electron chi connectivity index (χ1n) is 7.10. The molecule has 2 N–H and O–H groups in total. The minimum absolute atomic E-state index is 0.0961. The number of benzene rings is 1. The topological polar surface area (TPSA) is 64.0 Å². The van der Waals surface area contributed by atoms with E-state index >= 15 is 0 Å². The molecule has 1 amide bonds. The fraction of sp³-hybridized carbons (Fsp3) is 0.533. The molecule has 0 bridgehead atoms. The van der Waals surface area contributed by atoms with Gasteiger partial charge in [0.25, 0.3) is 0 Å². The highest BCUT2D eigenvalue weighted by Gasteiger charge is 2.30. The molecular formula is C15H21ClN2O3. The molecule has 1 aliphatic rings. The SMILES string of the molecule is O=C(O)N1CCN(CC(O)CCl)CC1Cc1ccccc1. The molecule has 21 heavy (non-hydrogen) atoms. The van der Waals surface area contributed by atoms with E-state index in [4.69, 9.17) is 11.6 Å². The average Bonchev–Trinajstić information content (AvgIpc) is 2.48. The molecule has 2 unspecified atom stereocenters. The van der Waals surface area contributed by atoms with Crippen LogP contribution in [0.3, 0.4) is 0 Å². The van der Waals surface area contributed by atoms with E-state index in [0.717, 1.165) is 5.56 Å². The molecule has 2 atom stereocenters. The van der Waals surface area contributed by atoms with Gasteiger partial charge in [-0.3, -0.25) is 4.90 Å². The Kier molecular flexibility index (Phi) is 5.85. The van der Waals surface area contributed by atoms with Crippen molar-refractivity contribution in [2.75, 3.05) is 32.1 Å². The molecular weight excluding hydrogens is 292 g/mol. The number of hydrogen-bond acceptors (Lipinski definition) is 3. The van der Waals surface area contributed by atoms with Crippen molar-refractivity contribution in [2.45, 2.75) is 18.6 Å². The van der Waals surface area contributed by atoms with E-state index < -0.39 is 12.2 Å². The predicted octanol–water partition coefficient (Wildman–Crippen LogP) is 1.49. The third-order valence-corrected chi connectivity index (χ3v) is 4.13. The first kappa shape index (κ1) is 16.1. The van der Waals surface area contributed by atoms with Crippen molar-refractivity contribution in [2.24, 2.45) is 0 Å². The van der Waals surface area contributed by atoms with Gasteiger partial charge in [0.15, 0.2) is 0 Å². The van der Waals surface area contributed by atoms with Crippen LogP contribution in [-0.4, -0.2) is 70.3 Å². The van der Waals surface area contributed by atoms with Crippen molar-refractivity contribution in [3.05, 3.63) is 35.9 Å². The van der Waals surface area contributed by atoms with Crippen LogP contribution in [0.5, 0.6) is 0 Å². The number of amides is 1. The molecule has 1 heterocycles. The van der Waals surface area contributed by atoms with Crippen molar-refractivity contribution in [3.8, 4) is 0 Å². The van der Waals surface area contributed by atoms with Gasteiger partial charge in [0.1, 0.15) is 0 Å². The van der Waals surface area contributed by atoms with E-state index in [2.05, 4.69) is 4.90 Å². The van der Waals surface area contributed by atoms with Crippen LogP contribution in [0.15, 0.2) is 30.3 Å². The first-order chi connectivity index (χ1) is 10.1. The minimum Gasteiger partial charge on any atom is -0.465 e. The number of piperazine rings is 1.